The summed E-state index contributed by atoms with van der Waals surface area (Å²) in [5.74, 6) is 0.775. The van der Waals surface area contributed by atoms with Crippen LogP contribution < -0.4 is 20.1 Å². The lowest BCUT2D eigenvalue weighted by Gasteiger charge is -2.35. The number of amides is 1. The zero-order valence-electron chi connectivity index (χ0n) is 37.2. The lowest BCUT2D eigenvalue weighted by molar-refractivity contribution is -0.157. The maximum absolute atomic E-state index is 14.9. The zero-order chi connectivity index (χ0) is 43.9. The first kappa shape index (κ1) is 43.9. The van der Waals surface area contributed by atoms with Crippen LogP contribution in [0.3, 0.4) is 0 Å². The maximum atomic E-state index is 14.9. The van der Waals surface area contributed by atoms with Crippen LogP contribution in [0.4, 0.5) is 5.82 Å². The van der Waals surface area contributed by atoms with E-state index in [1.807, 2.05) is 78.1 Å². The second-order valence-electron chi connectivity index (χ2n) is 19.9. The quantitative estimate of drug-likeness (QED) is 0.132. The van der Waals surface area contributed by atoms with Crippen molar-refractivity contribution in [1.82, 2.24) is 29.9 Å². The second kappa shape index (κ2) is 17.8. The summed E-state index contributed by atoms with van der Waals surface area (Å²) in [7, 11) is 0. The Balaban J connectivity index is 1.07. The van der Waals surface area contributed by atoms with E-state index >= 15 is 0 Å². The predicted molar refractivity (Wildman–Crippen MR) is 233 cm³/mol. The Bertz CT molecular complexity index is 2130. The average molecular weight is 856 g/mol. The van der Waals surface area contributed by atoms with E-state index in [1.165, 1.54) is 6.42 Å². The lowest BCUT2D eigenvalue weighted by atomic mass is 9.77. The molecule has 0 bridgehead atoms. The number of nitrogens with zero attached hydrogens (tertiary/aromatic N) is 5. The molecule has 0 spiro atoms. The third kappa shape index (κ3) is 9.73. The van der Waals surface area contributed by atoms with E-state index in [9.17, 15) is 24.3 Å². The van der Waals surface area contributed by atoms with E-state index in [1.54, 1.807) is 9.58 Å². The molecule has 5 fully saturated rings. The summed E-state index contributed by atoms with van der Waals surface area (Å²) in [6.45, 7) is 17.1. The smallest absolute Gasteiger partial charge is 0.310 e. The maximum Gasteiger partial charge on any atom is 0.310 e. The first-order chi connectivity index (χ1) is 29.6. The molecule has 5 aliphatic rings. The highest BCUT2D eigenvalue weighted by Crippen LogP contribution is 2.58. The summed E-state index contributed by atoms with van der Waals surface area (Å²) < 4.78 is 20.7. The van der Waals surface area contributed by atoms with Crippen molar-refractivity contribution in [2.24, 2.45) is 34.5 Å². The van der Waals surface area contributed by atoms with E-state index in [2.05, 4.69) is 15.5 Å². The highest BCUT2D eigenvalue weighted by atomic mass is 16.5. The Labute approximate surface area is 364 Å². The fourth-order valence-electron chi connectivity index (χ4n) is 10.1. The van der Waals surface area contributed by atoms with Gasteiger partial charge in [0.25, 0.3) is 0 Å². The number of Topliss-reactive ketones (excluding diaryl/α,β-unsaturated/α-hetero) is 1. The van der Waals surface area contributed by atoms with Crippen LogP contribution in [0.1, 0.15) is 92.9 Å². The fraction of sp³-hybridized carbons (Fsp3) is 0.660. The number of hydrogen-bond donors (Lipinski definition) is 3. The highest BCUT2D eigenvalue weighted by Gasteiger charge is 2.61. The number of fused-ring (bicyclic) bond motifs is 2. The Morgan fingerprint density at radius 3 is 2.45 bits per heavy atom. The van der Waals surface area contributed by atoms with Gasteiger partial charge in [-0.15, -0.1) is 5.10 Å². The number of esters is 1. The number of piperazine rings is 1. The molecule has 2 saturated heterocycles. The van der Waals surface area contributed by atoms with Crippen LogP contribution in [-0.2, 0) is 23.9 Å². The number of rotatable bonds is 18. The normalized spacial score (nSPS) is 27.5. The molecule has 1 amide bonds. The summed E-state index contributed by atoms with van der Waals surface area (Å²) in [6.07, 6.45) is 5.02. The van der Waals surface area contributed by atoms with Gasteiger partial charge in [0, 0.05) is 81.4 Å². The third-order valence-corrected chi connectivity index (χ3v) is 13.9. The number of aliphatic carboxylic acids is 1. The van der Waals surface area contributed by atoms with Crippen LogP contribution in [0.25, 0.3) is 16.7 Å². The molecule has 4 heterocycles. The van der Waals surface area contributed by atoms with Crippen molar-refractivity contribution in [3.63, 3.8) is 0 Å². The van der Waals surface area contributed by atoms with Crippen LogP contribution in [0.15, 0.2) is 36.5 Å². The number of aromatic nitrogens is 3. The molecule has 15 heteroatoms. The first-order valence-electron chi connectivity index (χ1n) is 22.9. The van der Waals surface area contributed by atoms with Gasteiger partial charge >= 0.3 is 11.9 Å². The highest BCUT2D eigenvalue weighted by molar-refractivity contribution is 5.95. The van der Waals surface area contributed by atoms with Crippen molar-refractivity contribution in [2.45, 2.75) is 117 Å². The number of nitrogens with one attached hydrogen (secondary N) is 2. The van der Waals surface area contributed by atoms with Crippen molar-refractivity contribution >= 4 is 40.3 Å². The molecule has 0 radical (unpaired) electrons. The van der Waals surface area contributed by atoms with Crippen molar-refractivity contribution in [1.29, 1.82) is 0 Å². The summed E-state index contributed by atoms with van der Waals surface area (Å²) in [5, 5.41) is 22.5. The summed E-state index contributed by atoms with van der Waals surface area (Å²) in [6, 6.07) is 8.65. The number of ether oxygens (including phenoxy) is 3. The molecule has 3 aromatic rings. The SMILES string of the molecule is CCC1CC1(CC(=O)C1C[C@@H](Oc2cc(-n3ccc(NC(C)C)n3)nc3cc(OCCN4CCNCC4)ccc23)CN1C(=O)[C@@H](CC(=O)OC1C[C@@H]2C[C@@H]2C1)C(C)(C)C)C(=O)O. The largest absolute Gasteiger partial charge is 0.492 e. The monoisotopic (exact) mass is 855 g/mol. The lowest BCUT2D eigenvalue weighted by Crippen LogP contribution is -2.48. The summed E-state index contributed by atoms with van der Waals surface area (Å²) in [4.78, 5) is 64.3. The number of pyridine rings is 1. The number of carbonyl (C=O) groups excluding carboxylic acids is 3. The number of ketones is 1. The van der Waals surface area contributed by atoms with Gasteiger partial charge in [0.15, 0.2) is 11.6 Å². The number of likely N-dealkylation sites (tertiary alicyclic amines) is 1. The van der Waals surface area contributed by atoms with Gasteiger partial charge in [0.05, 0.1) is 35.9 Å². The first-order valence-corrected chi connectivity index (χ1v) is 22.9. The molecule has 8 atom stereocenters. The van der Waals surface area contributed by atoms with Gasteiger partial charge in [-0.05, 0) is 74.8 Å². The Kier molecular flexibility index (Phi) is 12.6. The van der Waals surface area contributed by atoms with Crippen LogP contribution in [0, 0.1) is 34.5 Å². The van der Waals surface area contributed by atoms with Gasteiger partial charge in [0.1, 0.15) is 36.1 Å². The second-order valence-corrected chi connectivity index (χ2v) is 19.9. The van der Waals surface area contributed by atoms with Crippen LogP contribution >= 0.6 is 0 Å². The molecule has 15 nitrogen and oxygen atoms in total. The Morgan fingerprint density at radius 2 is 1.77 bits per heavy atom. The topological polar surface area (TPSA) is 177 Å². The summed E-state index contributed by atoms with van der Waals surface area (Å²) >= 11 is 0. The number of carboxylic acid groups (broad SMARTS) is 1. The van der Waals surface area contributed by atoms with Crippen LogP contribution in [0.2, 0.25) is 0 Å². The molecule has 8 rings (SSSR count). The van der Waals surface area contributed by atoms with E-state index in [0.29, 0.717) is 59.9 Å². The van der Waals surface area contributed by atoms with Crippen molar-refractivity contribution < 1.29 is 38.5 Å². The predicted octanol–water partition coefficient (Wildman–Crippen LogP) is 5.73. The van der Waals surface area contributed by atoms with Crippen LogP contribution in [-0.4, -0.2) is 123 Å². The molecule has 3 N–H and O–H groups in total. The van der Waals surface area contributed by atoms with Gasteiger partial charge < -0.3 is 34.9 Å². The molecule has 2 aromatic heterocycles. The van der Waals surface area contributed by atoms with E-state index in [0.717, 1.165) is 51.0 Å². The number of benzene rings is 1. The number of carbonyl (C=O) groups is 4. The van der Waals surface area contributed by atoms with E-state index in [4.69, 9.17) is 24.3 Å². The van der Waals surface area contributed by atoms with Crippen molar-refractivity contribution in [3.8, 4) is 17.3 Å². The average Bonchev–Trinajstić information content (AvgIpc) is 3.89. The third-order valence-electron chi connectivity index (χ3n) is 13.9. The molecule has 3 saturated carbocycles. The van der Waals surface area contributed by atoms with Gasteiger partial charge in [-0.25, -0.2) is 9.67 Å². The van der Waals surface area contributed by atoms with E-state index < -0.39 is 40.8 Å². The molecule has 3 aliphatic carbocycles. The fourth-order valence-corrected chi connectivity index (χ4v) is 10.1. The van der Waals surface area contributed by atoms with Gasteiger partial charge in [-0.3, -0.25) is 24.1 Å². The zero-order valence-corrected chi connectivity index (χ0v) is 37.2. The molecule has 2 aliphatic heterocycles. The molecule has 62 heavy (non-hydrogen) atoms. The summed E-state index contributed by atoms with van der Waals surface area (Å²) in [5.41, 5.74) is -1.15. The molecule has 4 unspecified atom stereocenters. The molecular weight excluding hydrogens is 791 g/mol. The minimum atomic E-state index is -1.14. The number of anilines is 1. The van der Waals surface area contributed by atoms with Gasteiger partial charge in [-0.1, -0.05) is 34.1 Å². The van der Waals surface area contributed by atoms with Crippen LogP contribution in [0.5, 0.6) is 11.5 Å². The van der Waals surface area contributed by atoms with Gasteiger partial charge in [0.2, 0.25) is 5.91 Å². The van der Waals surface area contributed by atoms with E-state index in [-0.39, 0.29) is 55.6 Å². The minimum Gasteiger partial charge on any atom is -0.492 e. The van der Waals surface area contributed by atoms with Gasteiger partial charge in [-0.2, -0.15) is 0 Å². The molecular formula is C47H65N7O8. The minimum absolute atomic E-state index is 0.0801. The number of hydrogen-bond acceptors (Lipinski definition) is 12. The van der Waals surface area contributed by atoms with Crippen molar-refractivity contribution in [3.05, 3.63) is 36.5 Å². The number of carboxylic acids is 1. The molecule has 336 valence electrons. The standard InChI is InChI=1S/C47H65N7O8/c1-7-31-25-47(31,45(58)59)26-39(55)38-22-34(27-53(38)44(57)36(46(4,5)6)23-43(56)62-33-19-29-18-30(29)20-33)61-40-24-42(54-13-10-41(51-54)49-28(2)3)50-37-21-32(8-9-35(37)40)60-17-16-52-14-11-48-12-15-52/h8-10,13,21,24,28-31,33-34,36,38,48H,7,11-12,14-20,22-23,25-27H2,1-6H3,(H,49,51)(H,58,59)/t29-,30+,31?,33?,34-,36-,38?,47?/m1/s1. The Morgan fingerprint density at radius 1 is 1.02 bits per heavy atom. The molecule has 1 aromatic carbocycles. The Hall–Kier alpha value is -4.76. The van der Waals surface area contributed by atoms with Crippen molar-refractivity contribution in [2.75, 3.05) is 51.2 Å².